The summed E-state index contributed by atoms with van der Waals surface area (Å²) in [5, 5.41) is 13.6. The summed E-state index contributed by atoms with van der Waals surface area (Å²) in [5.41, 5.74) is 4.27. The largest absolute Gasteiger partial charge is 0.392 e. The van der Waals surface area contributed by atoms with Crippen molar-refractivity contribution >= 4 is 49.1 Å². The van der Waals surface area contributed by atoms with Gasteiger partial charge in [0.15, 0.2) is 5.71 Å². The predicted molar refractivity (Wildman–Crippen MR) is 155 cm³/mol. The molecule has 0 saturated heterocycles. The molecule has 0 aliphatic rings. The Kier molecular flexibility index (Phi) is 8.19. The maximum Gasteiger partial charge on any atom is 0.264 e. The fraction of sp³-hybridized carbons (Fsp3) is 0.172. The third-order valence-corrected chi connectivity index (χ3v) is 6.50. The topological polar surface area (TPSA) is 121 Å². The number of aromatic nitrogens is 4. The first kappa shape index (κ1) is 27.7. The molecule has 0 aliphatic heterocycles. The van der Waals surface area contributed by atoms with E-state index in [4.69, 9.17) is 4.84 Å². The number of oxime groups is 1. The minimum absolute atomic E-state index is 0.0627. The van der Waals surface area contributed by atoms with Gasteiger partial charge in [-0.1, -0.05) is 23.2 Å². The van der Waals surface area contributed by atoms with Crippen molar-refractivity contribution in [2.45, 2.75) is 13.5 Å². The molecule has 208 valence electrons. The van der Waals surface area contributed by atoms with Gasteiger partial charge >= 0.3 is 0 Å². The van der Waals surface area contributed by atoms with Gasteiger partial charge in [0.2, 0.25) is 0 Å². The van der Waals surface area contributed by atoms with Crippen molar-refractivity contribution in [1.29, 1.82) is 0 Å². The molecule has 0 aliphatic carbocycles. The second kappa shape index (κ2) is 12.1. The van der Waals surface area contributed by atoms with Crippen LogP contribution in [0.1, 0.15) is 18.1 Å². The van der Waals surface area contributed by atoms with Gasteiger partial charge in [0, 0.05) is 22.0 Å². The molecule has 3 aromatic carbocycles. The Labute approximate surface area is 236 Å². The molecule has 1 N–H and O–H groups in total. The number of halogens is 1. The third-order valence-electron chi connectivity index (χ3n) is 5.91. The fourth-order valence-electron chi connectivity index (χ4n) is 4.14. The van der Waals surface area contributed by atoms with E-state index in [0.717, 1.165) is 33.8 Å². The highest BCUT2D eigenvalue weighted by Crippen LogP contribution is 2.27. The van der Waals surface area contributed by atoms with E-state index in [2.05, 4.69) is 41.6 Å². The average molecular weight is 573 g/mol. The number of fused-ring (bicyclic) bond motifs is 2. The first-order chi connectivity index (χ1) is 19.8. The Morgan fingerprint density at radius 2 is 1.98 bits per heavy atom. The maximum atomic E-state index is 13.6. The molecule has 5 rings (SSSR count). The molecule has 0 saturated carbocycles. The summed E-state index contributed by atoms with van der Waals surface area (Å²) < 4.78 is 42.3. The number of anilines is 2. The summed E-state index contributed by atoms with van der Waals surface area (Å²) >= 11 is 0. The van der Waals surface area contributed by atoms with Gasteiger partial charge in [-0.05, 0) is 66.9 Å². The van der Waals surface area contributed by atoms with Gasteiger partial charge in [-0.3, -0.25) is 8.86 Å². The fourth-order valence-corrected chi connectivity index (χ4v) is 4.51. The highest BCUT2D eigenvalue weighted by molar-refractivity contribution is 7.85. The molecule has 2 aromatic heterocycles. The van der Waals surface area contributed by atoms with Gasteiger partial charge in [0.05, 0.1) is 30.0 Å². The number of hydrogen-bond acceptors (Lipinski definition) is 9. The summed E-state index contributed by atoms with van der Waals surface area (Å²) in [6.07, 6.45) is 4.21. The summed E-state index contributed by atoms with van der Waals surface area (Å²) in [7, 11) is -3.56. The van der Waals surface area contributed by atoms with E-state index in [1.165, 1.54) is 18.5 Å². The lowest BCUT2D eigenvalue weighted by Gasteiger charge is -2.10. The molecule has 2 heterocycles. The summed E-state index contributed by atoms with van der Waals surface area (Å²) in [6, 6.07) is 17.8. The molecule has 0 fully saturated rings. The molecule has 0 atom stereocenters. The summed E-state index contributed by atoms with van der Waals surface area (Å²) in [4.78, 5) is 14.1. The zero-order valence-electron chi connectivity index (χ0n) is 22.2. The standard InChI is InChI=1S/C29H25FN6O4S/c1-3-5-26(35-39-12-13-40-41(2,37)38)21-8-10-27-25(16-21)29(32-19-31-27)34-24-9-11-28-22(15-24)17-33-36(28)18-20-6-4-7-23(30)14-20/h4,6-11,14-17,19H,12-13,18H2,1-2H3,(H,31,32,34). The Hall–Kier alpha value is -4.86. The normalized spacial score (nSPS) is 11.8. The van der Waals surface area contributed by atoms with Gasteiger partial charge in [-0.2, -0.15) is 13.5 Å². The number of hydrogen-bond donors (Lipinski definition) is 1. The number of nitrogens with one attached hydrogen (secondary N) is 1. The summed E-state index contributed by atoms with van der Waals surface area (Å²) in [6.45, 7) is 1.90. The highest BCUT2D eigenvalue weighted by atomic mass is 32.2. The summed E-state index contributed by atoms with van der Waals surface area (Å²) in [5.74, 6) is 6.02. The monoisotopic (exact) mass is 572 g/mol. The van der Waals surface area contributed by atoms with E-state index in [0.29, 0.717) is 29.2 Å². The minimum atomic E-state index is -3.56. The van der Waals surface area contributed by atoms with Crippen molar-refractivity contribution in [3.8, 4) is 11.8 Å². The average Bonchev–Trinajstić information content (AvgIpc) is 3.33. The lowest BCUT2D eigenvalue weighted by Crippen LogP contribution is -2.09. The van der Waals surface area contributed by atoms with Crippen LogP contribution in [0.3, 0.4) is 0 Å². The molecular formula is C29H25FN6O4S. The molecule has 0 spiro atoms. The Morgan fingerprint density at radius 1 is 1.10 bits per heavy atom. The Balaban J connectivity index is 1.38. The molecule has 5 aromatic rings. The van der Waals surface area contributed by atoms with Crippen LogP contribution in [-0.4, -0.2) is 53.3 Å². The van der Waals surface area contributed by atoms with Crippen molar-refractivity contribution in [3.63, 3.8) is 0 Å². The lowest BCUT2D eigenvalue weighted by atomic mass is 10.1. The van der Waals surface area contributed by atoms with Crippen molar-refractivity contribution in [1.82, 2.24) is 19.7 Å². The van der Waals surface area contributed by atoms with Crippen LogP contribution in [0.5, 0.6) is 0 Å². The van der Waals surface area contributed by atoms with E-state index < -0.39 is 10.1 Å². The predicted octanol–water partition coefficient (Wildman–Crippen LogP) is 4.63. The molecule has 0 bridgehead atoms. The van der Waals surface area contributed by atoms with Crippen molar-refractivity contribution < 1.29 is 21.8 Å². The third kappa shape index (κ3) is 7.02. The van der Waals surface area contributed by atoms with Crippen LogP contribution in [0.25, 0.3) is 21.8 Å². The second-order valence-corrected chi connectivity index (χ2v) is 10.6. The molecule has 0 unspecified atom stereocenters. The first-order valence-corrected chi connectivity index (χ1v) is 14.3. The lowest BCUT2D eigenvalue weighted by molar-refractivity contribution is 0.110. The number of benzene rings is 3. The zero-order valence-corrected chi connectivity index (χ0v) is 23.0. The van der Waals surface area contributed by atoms with E-state index in [1.54, 1.807) is 19.2 Å². The van der Waals surface area contributed by atoms with E-state index in [1.807, 2.05) is 47.1 Å². The van der Waals surface area contributed by atoms with E-state index in [9.17, 15) is 12.8 Å². The Morgan fingerprint density at radius 3 is 2.78 bits per heavy atom. The van der Waals surface area contributed by atoms with Crippen LogP contribution < -0.4 is 5.32 Å². The van der Waals surface area contributed by atoms with Gasteiger partial charge in [-0.25, -0.2) is 14.4 Å². The van der Waals surface area contributed by atoms with Crippen LogP contribution in [0, 0.1) is 17.7 Å². The van der Waals surface area contributed by atoms with E-state index in [-0.39, 0.29) is 19.0 Å². The van der Waals surface area contributed by atoms with Crippen LogP contribution >= 0.6 is 0 Å². The first-order valence-electron chi connectivity index (χ1n) is 12.5. The maximum absolute atomic E-state index is 13.6. The van der Waals surface area contributed by atoms with E-state index >= 15 is 0 Å². The molecule has 12 heteroatoms. The van der Waals surface area contributed by atoms with Gasteiger partial charge < -0.3 is 10.2 Å². The van der Waals surface area contributed by atoms with Crippen LogP contribution in [0.15, 0.2) is 78.3 Å². The number of rotatable bonds is 10. The zero-order chi connectivity index (χ0) is 28.8. The Bertz CT molecular complexity index is 1930. The molecule has 0 radical (unpaired) electrons. The quantitative estimate of drug-likeness (QED) is 0.0846. The smallest absolute Gasteiger partial charge is 0.264 e. The highest BCUT2D eigenvalue weighted by Gasteiger charge is 2.11. The van der Waals surface area contributed by atoms with Crippen LogP contribution in [-0.2, 0) is 25.7 Å². The molecule has 41 heavy (non-hydrogen) atoms. The van der Waals surface area contributed by atoms with Gasteiger partial charge in [0.25, 0.3) is 10.1 Å². The van der Waals surface area contributed by atoms with Crippen LogP contribution in [0.4, 0.5) is 15.9 Å². The second-order valence-electron chi connectivity index (χ2n) is 8.96. The van der Waals surface area contributed by atoms with Crippen molar-refractivity contribution in [2.24, 2.45) is 5.16 Å². The molecule has 10 nitrogen and oxygen atoms in total. The van der Waals surface area contributed by atoms with Crippen LogP contribution in [0.2, 0.25) is 0 Å². The van der Waals surface area contributed by atoms with Crippen molar-refractivity contribution in [3.05, 3.63) is 90.1 Å². The van der Waals surface area contributed by atoms with Gasteiger partial charge in [-0.15, -0.1) is 0 Å². The van der Waals surface area contributed by atoms with Gasteiger partial charge in [0.1, 0.15) is 31.2 Å². The molecular weight excluding hydrogens is 547 g/mol. The minimum Gasteiger partial charge on any atom is -0.392 e. The molecule has 0 amide bonds. The van der Waals surface area contributed by atoms with Crippen molar-refractivity contribution in [2.75, 3.05) is 24.8 Å². The number of nitrogens with zero attached hydrogens (tertiary/aromatic N) is 5. The SMILES string of the molecule is CC#CC(=NOCCOS(C)(=O)=O)c1ccc2ncnc(Nc3ccc4c(cnn4Cc4cccc(F)c4)c3)c2c1.